The van der Waals surface area contributed by atoms with Gasteiger partial charge in [0, 0.05) is 17.7 Å². The average Bonchev–Trinajstić information content (AvgIpc) is 2.97. The number of esters is 1. The molecule has 1 aromatic carbocycles. The van der Waals surface area contributed by atoms with Gasteiger partial charge in [-0.1, -0.05) is 31.2 Å². The molecular formula is C25H32ClNO4. The van der Waals surface area contributed by atoms with Gasteiger partial charge in [0.05, 0.1) is 22.6 Å². The molecule has 0 aromatic heterocycles. The molecule has 0 bridgehead atoms. The summed E-state index contributed by atoms with van der Waals surface area (Å²) in [6.45, 7) is 11.4. The number of carbonyl (C=O) groups is 2. The maximum atomic E-state index is 13.4. The molecule has 0 unspecified atom stereocenters. The summed E-state index contributed by atoms with van der Waals surface area (Å²) in [7, 11) is 1.70. The molecule has 1 amide bonds. The molecule has 1 fully saturated rings. The van der Waals surface area contributed by atoms with E-state index in [1.54, 1.807) is 19.3 Å². The van der Waals surface area contributed by atoms with Crippen LogP contribution < -0.4 is 5.32 Å². The summed E-state index contributed by atoms with van der Waals surface area (Å²) in [5.74, 6) is -0.170. The molecule has 1 aromatic rings. The second-order valence-electron chi connectivity index (χ2n) is 9.40. The van der Waals surface area contributed by atoms with Gasteiger partial charge in [-0.2, -0.15) is 0 Å². The molecule has 1 heterocycles. The minimum Gasteiger partial charge on any atom is -0.427 e. The molecule has 1 aliphatic heterocycles. The number of aryl methyl sites for hydroxylation is 1. The minimum atomic E-state index is -0.717. The first-order valence-corrected chi connectivity index (χ1v) is 11.2. The van der Waals surface area contributed by atoms with Gasteiger partial charge in [0.2, 0.25) is 0 Å². The quantitative estimate of drug-likeness (QED) is 0.624. The molecule has 0 saturated heterocycles. The van der Waals surface area contributed by atoms with Crippen LogP contribution in [0.25, 0.3) is 11.6 Å². The van der Waals surface area contributed by atoms with Crippen molar-refractivity contribution in [2.75, 3.05) is 7.11 Å². The molecule has 0 atom stereocenters. The summed E-state index contributed by atoms with van der Waals surface area (Å²) in [6, 6.07) is 3.65. The molecule has 168 valence electrons. The fourth-order valence-corrected chi connectivity index (χ4v) is 4.65. The van der Waals surface area contributed by atoms with Crippen LogP contribution in [0.2, 0.25) is 5.02 Å². The summed E-state index contributed by atoms with van der Waals surface area (Å²) >= 11 is 6.31. The molecule has 31 heavy (non-hydrogen) atoms. The molecule has 1 saturated carbocycles. The lowest BCUT2D eigenvalue weighted by Crippen LogP contribution is -2.49. The van der Waals surface area contributed by atoms with E-state index in [1.807, 2.05) is 33.8 Å². The van der Waals surface area contributed by atoms with Crippen molar-refractivity contribution in [3.05, 3.63) is 46.2 Å². The Morgan fingerprint density at radius 2 is 1.97 bits per heavy atom. The van der Waals surface area contributed by atoms with Crippen molar-refractivity contribution in [1.82, 2.24) is 5.32 Å². The van der Waals surface area contributed by atoms with Gasteiger partial charge in [-0.3, -0.25) is 9.59 Å². The first-order valence-electron chi connectivity index (χ1n) is 10.8. The molecular weight excluding hydrogens is 414 g/mol. The standard InChI is InChI=1S/C25H32ClNO4/c1-7-15-13-17(26)14-16(8-2)19(15)20-21(31-23(29)24(3,4)5)25(27-22(20)28)11-9-18(30-6)10-12-25/h7,13-14,18H,1,8-12H2,2-6H3,(H,27,28)/t18-,25+. The van der Waals surface area contributed by atoms with E-state index >= 15 is 0 Å². The highest BCUT2D eigenvalue weighted by atomic mass is 35.5. The van der Waals surface area contributed by atoms with Crippen molar-refractivity contribution >= 4 is 35.1 Å². The van der Waals surface area contributed by atoms with Crippen molar-refractivity contribution in [2.24, 2.45) is 5.41 Å². The maximum absolute atomic E-state index is 13.4. The van der Waals surface area contributed by atoms with Crippen LogP contribution >= 0.6 is 11.6 Å². The number of benzene rings is 1. The zero-order chi connectivity index (χ0) is 23.0. The number of amides is 1. The van der Waals surface area contributed by atoms with Crippen LogP contribution in [0.4, 0.5) is 0 Å². The lowest BCUT2D eigenvalue weighted by atomic mass is 9.78. The summed E-state index contributed by atoms with van der Waals surface area (Å²) < 4.78 is 11.6. The van der Waals surface area contributed by atoms with Gasteiger partial charge in [0.1, 0.15) is 5.76 Å². The van der Waals surface area contributed by atoms with Crippen LogP contribution in [-0.4, -0.2) is 30.6 Å². The Hall–Kier alpha value is -2.11. The van der Waals surface area contributed by atoms with E-state index in [-0.39, 0.29) is 18.0 Å². The second-order valence-corrected chi connectivity index (χ2v) is 9.84. The normalized spacial score (nSPS) is 23.8. The van der Waals surface area contributed by atoms with E-state index in [4.69, 9.17) is 21.1 Å². The summed E-state index contributed by atoms with van der Waals surface area (Å²) in [4.78, 5) is 26.4. The second kappa shape index (κ2) is 8.79. The van der Waals surface area contributed by atoms with E-state index in [0.717, 1.165) is 29.5 Å². The summed E-state index contributed by atoms with van der Waals surface area (Å²) in [5.41, 5.74) is 1.40. The van der Waals surface area contributed by atoms with Crippen LogP contribution in [0, 0.1) is 5.41 Å². The van der Waals surface area contributed by atoms with Gasteiger partial charge in [-0.15, -0.1) is 0 Å². The molecule has 5 nitrogen and oxygen atoms in total. The predicted octanol–water partition coefficient (Wildman–Crippen LogP) is 5.30. The number of rotatable bonds is 5. The Kier molecular flexibility index (Phi) is 6.68. The first-order chi connectivity index (χ1) is 14.6. The lowest BCUT2D eigenvalue weighted by Gasteiger charge is -2.38. The van der Waals surface area contributed by atoms with E-state index < -0.39 is 11.0 Å². The highest BCUT2D eigenvalue weighted by Gasteiger charge is 2.51. The monoisotopic (exact) mass is 445 g/mol. The van der Waals surface area contributed by atoms with Gasteiger partial charge in [-0.05, 0) is 76.1 Å². The van der Waals surface area contributed by atoms with Crippen molar-refractivity contribution in [2.45, 2.75) is 71.4 Å². The third-order valence-corrected chi connectivity index (χ3v) is 6.45. The van der Waals surface area contributed by atoms with Crippen LogP contribution in [0.15, 0.2) is 24.5 Å². The maximum Gasteiger partial charge on any atom is 0.316 e. The smallest absolute Gasteiger partial charge is 0.316 e. The van der Waals surface area contributed by atoms with Crippen molar-refractivity contribution in [3.63, 3.8) is 0 Å². The van der Waals surface area contributed by atoms with Crippen molar-refractivity contribution < 1.29 is 19.1 Å². The van der Waals surface area contributed by atoms with E-state index in [2.05, 4.69) is 11.9 Å². The Morgan fingerprint density at radius 1 is 1.32 bits per heavy atom. The Bertz CT molecular complexity index is 934. The van der Waals surface area contributed by atoms with Crippen LogP contribution in [0.5, 0.6) is 0 Å². The van der Waals surface area contributed by atoms with Gasteiger partial charge in [0.15, 0.2) is 0 Å². The fourth-order valence-electron chi connectivity index (χ4n) is 4.40. The fraction of sp³-hybridized carbons (Fsp3) is 0.520. The van der Waals surface area contributed by atoms with Crippen molar-refractivity contribution in [1.29, 1.82) is 0 Å². The minimum absolute atomic E-state index is 0.136. The van der Waals surface area contributed by atoms with Crippen LogP contribution in [0.3, 0.4) is 0 Å². The van der Waals surface area contributed by atoms with Gasteiger partial charge in [0.25, 0.3) is 5.91 Å². The van der Waals surface area contributed by atoms with Gasteiger partial charge in [-0.25, -0.2) is 0 Å². The van der Waals surface area contributed by atoms with Gasteiger partial charge < -0.3 is 14.8 Å². The van der Waals surface area contributed by atoms with E-state index in [0.29, 0.717) is 35.6 Å². The number of methoxy groups -OCH3 is 1. The average molecular weight is 446 g/mol. The molecule has 6 heteroatoms. The molecule has 2 aliphatic rings. The molecule has 3 rings (SSSR count). The number of hydrogen-bond donors (Lipinski definition) is 1. The number of hydrogen-bond acceptors (Lipinski definition) is 4. The number of halogens is 1. The zero-order valence-corrected chi connectivity index (χ0v) is 19.8. The number of ether oxygens (including phenoxy) is 2. The third kappa shape index (κ3) is 4.44. The first kappa shape index (κ1) is 23.6. The number of nitrogens with one attached hydrogen (secondary N) is 1. The molecule has 0 radical (unpaired) electrons. The largest absolute Gasteiger partial charge is 0.427 e. The lowest BCUT2D eigenvalue weighted by molar-refractivity contribution is -0.150. The summed E-state index contributed by atoms with van der Waals surface area (Å²) in [6.07, 6.45) is 5.34. The molecule has 1 aliphatic carbocycles. The molecule has 1 N–H and O–H groups in total. The Morgan fingerprint density at radius 3 is 2.48 bits per heavy atom. The van der Waals surface area contributed by atoms with Crippen molar-refractivity contribution in [3.8, 4) is 0 Å². The third-order valence-electron chi connectivity index (χ3n) is 6.23. The highest BCUT2D eigenvalue weighted by molar-refractivity contribution is 6.31. The predicted molar refractivity (Wildman–Crippen MR) is 124 cm³/mol. The zero-order valence-electron chi connectivity index (χ0n) is 19.1. The SMILES string of the molecule is C=Cc1cc(Cl)cc(CC)c1C1=C(OC(=O)C(C)(C)C)[C@]2(CC[C@H](OC)CC2)NC1=O. The number of carbonyl (C=O) groups excluding carboxylic acids is 2. The van der Waals surface area contributed by atoms with E-state index in [1.165, 1.54) is 0 Å². The highest BCUT2D eigenvalue weighted by Crippen LogP contribution is 2.46. The van der Waals surface area contributed by atoms with Gasteiger partial charge >= 0.3 is 5.97 Å². The van der Waals surface area contributed by atoms with Crippen LogP contribution in [-0.2, 0) is 25.5 Å². The van der Waals surface area contributed by atoms with E-state index in [9.17, 15) is 9.59 Å². The van der Waals surface area contributed by atoms with Crippen LogP contribution in [0.1, 0.15) is 70.1 Å². The summed E-state index contributed by atoms with van der Waals surface area (Å²) in [5, 5.41) is 3.76. The Labute approximate surface area is 189 Å². The Balaban J connectivity index is 2.24. The topological polar surface area (TPSA) is 64.6 Å². The molecule has 1 spiro atoms.